The lowest BCUT2D eigenvalue weighted by atomic mass is 9.79. The second kappa shape index (κ2) is 6.15. The highest BCUT2D eigenvalue weighted by molar-refractivity contribution is 5.94. The first-order chi connectivity index (χ1) is 9.16. The smallest absolute Gasteiger partial charge is 0.233 e. The molecule has 1 aliphatic rings. The number of carbonyl (C=O) groups excluding carboxylic acids is 1. The quantitative estimate of drug-likeness (QED) is 0.822. The number of aromatic nitrogens is 1. The molecule has 0 unspecified atom stereocenters. The summed E-state index contributed by atoms with van der Waals surface area (Å²) in [6, 6.07) is 3.80. The molecule has 0 aliphatic heterocycles. The van der Waals surface area contributed by atoms with E-state index < -0.39 is 5.41 Å². The lowest BCUT2D eigenvalue weighted by Gasteiger charge is -2.29. The number of aryl methyl sites for hydroxylation is 1. The first kappa shape index (κ1) is 14.0. The van der Waals surface area contributed by atoms with Crippen molar-refractivity contribution >= 4 is 11.7 Å². The van der Waals surface area contributed by atoms with Gasteiger partial charge in [0.25, 0.3) is 0 Å². The van der Waals surface area contributed by atoms with Gasteiger partial charge >= 0.3 is 0 Å². The molecule has 0 atom stereocenters. The van der Waals surface area contributed by atoms with Gasteiger partial charge < -0.3 is 11.1 Å². The van der Waals surface area contributed by atoms with Gasteiger partial charge in [0.2, 0.25) is 5.91 Å². The van der Waals surface area contributed by atoms with Gasteiger partial charge in [0, 0.05) is 12.7 Å². The van der Waals surface area contributed by atoms with Crippen molar-refractivity contribution in [3.63, 3.8) is 0 Å². The van der Waals surface area contributed by atoms with Gasteiger partial charge in [-0.25, -0.2) is 4.98 Å². The Labute approximate surface area is 114 Å². The summed E-state index contributed by atoms with van der Waals surface area (Å²) in [4.78, 5) is 16.7. The molecule has 4 heteroatoms. The third-order valence-electron chi connectivity index (χ3n) is 4.09. The minimum absolute atomic E-state index is 0.0370. The van der Waals surface area contributed by atoms with Crippen molar-refractivity contribution in [1.29, 1.82) is 0 Å². The van der Waals surface area contributed by atoms with E-state index in [1.54, 1.807) is 6.20 Å². The molecule has 0 saturated heterocycles. The zero-order chi connectivity index (χ0) is 13.7. The van der Waals surface area contributed by atoms with Gasteiger partial charge in [-0.1, -0.05) is 25.7 Å². The van der Waals surface area contributed by atoms with Crippen molar-refractivity contribution in [3.05, 3.63) is 23.9 Å². The number of pyridine rings is 1. The Morgan fingerprint density at radius 1 is 1.37 bits per heavy atom. The lowest BCUT2D eigenvalue weighted by Crippen LogP contribution is -2.42. The van der Waals surface area contributed by atoms with Crippen LogP contribution in [-0.4, -0.2) is 17.4 Å². The number of carbonyl (C=O) groups is 1. The maximum absolute atomic E-state index is 12.6. The fourth-order valence-electron chi connectivity index (χ4n) is 2.78. The van der Waals surface area contributed by atoms with Crippen LogP contribution in [0, 0.1) is 12.3 Å². The number of hydrogen-bond acceptors (Lipinski definition) is 3. The molecular formula is C15H23N3O. The van der Waals surface area contributed by atoms with Gasteiger partial charge in [-0.05, 0) is 37.5 Å². The minimum atomic E-state index is -0.401. The molecule has 1 amide bonds. The fourth-order valence-corrected chi connectivity index (χ4v) is 2.78. The van der Waals surface area contributed by atoms with E-state index in [0.29, 0.717) is 12.4 Å². The highest BCUT2D eigenvalue weighted by Crippen LogP contribution is 2.35. The highest BCUT2D eigenvalue weighted by Gasteiger charge is 2.37. The maximum Gasteiger partial charge on any atom is 0.233 e. The van der Waals surface area contributed by atoms with Crippen LogP contribution >= 0.6 is 0 Å². The average molecular weight is 261 g/mol. The van der Waals surface area contributed by atoms with Crippen LogP contribution in [0.2, 0.25) is 0 Å². The summed E-state index contributed by atoms with van der Waals surface area (Å²) in [7, 11) is 0. The van der Waals surface area contributed by atoms with Crippen LogP contribution in [0.1, 0.15) is 44.1 Å². The molecule has 1 fully saturated rings. The summed E-state index contributed by atoms with van der Waals surface area (Å²) in [6.45, 7) is 2.41. The lowest BCUT2D eigenvalue weighted by molar-refractivity contribution is -0.125. The molecule has 1 heterocycles. The second-order valence-corrected chi connectivity index (χ2v) is 5.57. The summed E-state index contributed by atoms with van der Waals surface area (Å²) in [5.74, 6) is 0.664. The third-order valence-corrected chi connectivity index (χ3v) is 4.09. The number of amides is 1. The first-order valence-electron chi connectivity index (χ1n) is 7.10. The summed E-state index contributed by atoms with van der Waals surface area (Å²) in [5.41, 5.74) is 6.60. The molecule has 0 aromatic carbocycles. The number of rotatable bonds is 3. The van der Waals surface area contributed by atoms with Crippen molar-refractivity contribution in [2.24, 2.45) is 11.1 Å². The first-order valence-corrected chi connectivity index (χ1v) is 7.10. The van der Waals surface area contributed by atoms with Gasteiger partial charge in [-0.3, -0.25) is 4.79 Å². The number of nitrogens with zero attached hydrogens (tertiary/aromatic N) is 1. The number of nitrogens with one attached hydrogen (secondary N) is 1. The van der Waals surface area contributed by atoms with Crippen LogP contribution in [0.3, 0.4) is 0 Å². The van der Waals surface area contributed by atoms with E-state index in [-0.39, 0.29) is 5.91 Å². The molecule has 0 bridgehead atoms. The molecule has 1 saturated carbocycles. The van der Waals surface area contributed by atoms with Gasteiger partial charge in [-0.2, -0.15) is 0 Å². The van der Waals surface area contributed by atoms with Crippen molar-refractivity contribution in [2.75, 3.05) is 11.9 Å². The fraction of sp³-hybridized carbons (Fsp3) is 0.600. The zero-order valence-electron chi connectivity index (χ0n) is 11.6. The van der Waals surface area contributed by atoms with E-state index in [2.05, 4.69) is 10.3 Å². The average Bonchev–Trinajstić information content (AvgIpc) is 2.65. The van der Waals surface area contributed by atoms with Crippen LogP contribution in [0.25, 0.3) is 0 Å². The number of hydrogen-bond donors (Lipinski definition) is 2. The third kappa shape index (κ3) is 3.32. The molecule has 104 valence electrons. The van der Waals surface area contributed by atoms with E-state index in [0.717, 1.165) is 31.2 Å². The SMILES string of the molecule is Cc1ccnc(NC(=O)C2(CN)CCCCCC2)c1. The van der Waals surface area contributed by atoms with E-state index in [1.807, 2.05) is 19.1 Å². The molecule has 1 aromatic rings. The standard InChI is InChI=1S/C15H23N3O/c1-12-6-9-17-13(10-12)18-14(19)15(11-16)7-4-2-3-5-8-15/h6,9-10H,2-5,7-8,11,16H2,1H3,(H,17,18,19). The van der Waals surface area contributed by atoms with Crippen molar-refractivity contribution in [3.8, 4) is 0 Å². The Bertz CT molecular complexity index is 437. The van der Waals surface area contributed by atoms with Crippen LogP contribution in [-0.2, 0) is 4.79 Å². The molecule has 19 heavy (non-hydrogen) atoms. The van der Waals surface area contributed by atoms with Crippen molar-refractivity contribution in [1.82, 2.24) is 4.98 Å². The van der Waals surface area contributed by atoms with Crippen LogP contribution in [0.4, 0.5) is 5.82 Å². The topological polar surface area (TPSA) is 68.0 Å². The van der Waals surface area contributed by atoms with Gasteiger partial charge in [0.1, 0.15) is 5.82 Å². The maximum atomic E-state index is 12.6. The molecule has 3 N–H and O–H groups in total. The van der Waals surface area contributed by atoms with Gasteiger partial charge in [0.05, 0.1) is 5.41 Å². The summed E-state index contributed by atoms with van der Waals surface area (Å²) in [6.07, 6.45) is 8.09. The molecule has 1 aliphatic carbocycles. The predicted molar refractivity (Wildman–Crippen MR) is 76.8 cm³/mol. The van der Waals surface area contributed by atoms with Crippen molar-refractivity contribution in [2.45, 2.75) is 45.4 Å². The monoisotopic (exact) mass is 261 g/mol. The van der Waals surface area contributed by atoms with E-state index in [4.69, 9.17) is 5.73 Å². The summed E-state index contributed by atoms with van der Waals surface area (Å²) >= 11 is 0. The highest BCUT2D eigenvalue weighted by atomic mass is 16.2. The minimum Gasteiger partial charge on any atom is -0.329 e. The molecule has 1 aromatic heterocycles. The zero-order valence-corrected chi connectivity index (χ0v) is 11.6. The largest absolute Gasteiger partial charge is 0.329 e. The summed E-state index contributed by atoms with van der Waals surface area (Å²) in [5, 5.41) is 2.94. The van der Waals surface area contributed by atoms with Crippen LogP contribution in [0.15, 0.2) is 18.3 Å². The molecule has 0 radical (unpaired) electrons. The van der Waals surface area contributed by atoms with Crippen LogP contribution in [0.5, 0.6) is 0 Å². The van der Waals surface area contributed by atoms with E-state index in [9.17, 15) is 4.79 Å². The van der Waals surface area contributed by atoms with Gasteiger partial charge in [-0.15, -0.1) is 0 Å². The molecule has 4 nitrogen and oxygen atoms in total. The van der Waals surface area contributed by atoms with E-state index >= 15 is 0 Å². The Morgan fingerprint density at radius 3 is 2.63 bits per heavy atom. The van der Waals surface area contributed by atoms with E-state index in [1.165, 1.54) is 12.8 Å². The predicted octanol–water partition coefficient (Wildman–Crippen LogP) is 2.63. The van der Waals surface area contributed by atoms with Crippen LogP contribution < -0.4 is 11.1 Å². The molecular weight excluding hydrogens is 238 g/mol. The normalized spacial score (nSPS) is 18.6. The van der Waals surface area contributed by atoms with Crippen molar-refractivity contribution < 1.29 is 4.79 Å². The molecule has 2 rings (SSSR count). The summed E-state index contributed by atoms with van der Waals surface area (Å²) < 4.78 is 0. The number of anilines is 1. The second-order valence-electron chi connectivity index (χ2n) is 5.57. The Balaban J connectivity index is 2.12. The molecule has 0 spiro atoms. The van der Waals surface area contributed by atoms with Gasteiger partial charge in [0.15, 0.2) is 0 Å². The Morgan fingerprint density at radius 2 is 2.05 bits per heavy atom. The Hall–Kier alpha value is -1.42. The Kier molecular flexibility index (Phi) is 4.53. The number of nitrogens with two attached hydrogens (primary N) is 1.